The molecule has 134 valence electrons. The van der Waals surface area contributed by atoms with Gasteiger partial charge in [0.25, 0.3) is 0 Å². The number of carbonyl (C=O) groups excluding carboxylic acids is 1. The topological polar surface area (TPSA) is 47.4 Å². The Morgan fingerprint density at radius 2 is 2.00 bits per heavy atom. The van der Waals surface area contributed by atoms with Crippen LogP contribution in [-0.4, -0.2) is 46.1 Å². The Hall–Kier alpha value is -2.73. The van der Waals surface area contributed by atoms with Crippen LogP contribution in [0.2, 0.25) is 0 Å². The maximum absolute atomic E-state index is 13.0. The van der Waals surface area contributed by atoms with Gasteiger partial charge in [0.05, 0.1) is 6.54 Å². The summed E-state index contributed by atoms with van der Waals surface area (Å²) in [6, 6.07) is 11.3. The molecule has 1 aliphatic rings. The van der Waals surface area contributed by atoms with Crippen LogP contribution in [0.1, 0.15) is 17.6 Å². The quantitative estimate of drug-likeness (QED) is 0.722. The van der Waals surface area contributed by atoms with E-state index in [0.29, 0.717) is 5.88 Å². The fourth-order valence-electron chi connectivity index (χ4n) is 3.33. The molecule has 26 heavy (non-hydrogen) atoms. The van der Waals surface area contributed by atoms with Gasteiger partial charge in [-0.05, 0) is 36.4 Å². The van der Waals surface area contributed by atoms with Gasteiger partial charge in [-0.15, -0.1) is 0 Å². The minimum atomic E-state index is -0.395. The van der Waals surface area contributed by atoms with Gasteiger partial charge in [-0.3, -0.25) is 14.3 Å². The number of piperidine rings is 1. The largest absolute Gasteiger partial charge is 0.474 e. The molecule has 0 spiro atoms. The maximum Gasteiger partial charge on any atom is 0.244 e. The smallest absolute Gasteiger partial charge is 0.244 e. The van der Waals surface area contributed by atoms with E-state index in [1.807, 2.05) is 30.3 Å². The standard InChI is InChI=1S/C20H20FN3O2/c21-16-6-12-24(13-16)19(25)14-23-10-7-17(8-11-23)26-20-18-4-2-1-3-15(18)5-9-22-20/h1-6,9,12-13,17H,7-8,10-11,14H2. The highest BCUT2D eigenvalue weighted by Gasteiger charge is 2.23. The first-order valence-corrected chi connectivity index (χ1v) is 8.78. The number of carbonyl (C=O) groups is 1. The maximum atomic E-state index is 13.0. The van der Waals surface area contributed by atoms with Gasteiger partial charge in [-0.2, -0.15) is 0 Å². The number of fused-ring (bicyclic) bond motifs is 1. The SMILES string of the molecule is O=C(CN1CCC(Oc2nccc3ccccc23)CC1)n1ccc(F)c1. The molecule has 4 rings (SSSR count). The Balaban J connectivity index is 1.34. The highest BCUT2D eigenvalue weighted by Crippen LogP contribution is 2.25. The first-order valence-electron chi connectivity index (χ1n) is 8.78. The fraction of sp³-hybridized carbons (Fsp3) is 0.300. The molecule has 0 N–H and O–H groups in total. The Labute approximate surface area is 151 Å². The molecule has 0 saturated carbocycles. The third-order valence-electron chi connectivity index (χ3n) is 4.75. The van der Waals surface area contributed by atoms with E-state index in [9.17, 15) is 9.18 Å². The van der Waals surface area contributed by atoms with Crippen LogP contribution in [0.3, 0.4) is 0 Å². The van der Waals surface area contributed by atoms with Crippen LogP contribution in [0.5, 0.6) is 5.88 Å². The van der Waals surface area contributed by atoms with Gasteiger partial charge in [0.15, 0.2) is 0 Å². The summed E-state index contributed by atoms with van der Waals surface area (Å²) in [5, 5.41) is 2.13. The average molecular weight is 353 g/mol. The monoisotopic (exact) mass is 353 g/mol. The summed E-state index contributed by atoms with van der Waals surface area (Å²) in [7, 11) is 0. The molecule has 1 fully saturated rings. The van der Waals surface area contributed by atoms with E-state index in [0.717, 1.165) is 36.7 Å². The summed E-state index contributed by atoms with van der Waals surface area (Å²) < 4.78 is 20.5. The number of pyridine rings is 1. The van der Waals surface area contributed by atoms with Crippen molar-refractivity contribution >= 4 is 16.7 Å². The molecule has 5 nitrogen and oxygen atoms in total. The summed E-state index contributed by atoms with van der Waals surface area (Å²) in [6.45, 7) is 1.82. The van der Waals surface area contributed by atoms with Crippen molar-refractivity contribution in [3.8, 4) is 5.88 Å². The zero-order chi connectivity index (χ0) is 17.9. The number of nitrogens with zero attached hydrogens (tertiary/aromatic N) is 3. The number of hydrogen-bond donors (Lipinski definition) is 0. The van der Waals surface area contributed by atoms with Gasteiger partial charge in [-0.1, -0.05) is 18.2 Å². The summed E-state index contributed by atoms with van der Waals surface area (Å²) >= 11 is 0. The molecule has 3 heterocycles. The number of benzene rings is 1. The van der Waals surface area contributed by atoms with Gasteiger partial charge in [0.1, 0.15) is 11.9 Å². The molecular weight excluding hydrogens is 333 g/mol. The van der Waals surface area contributed by atoms with Crippen LogP contribution in [0.4, 0.5) is 4.39 Å². The Bertz CT molecular complexity index is 911. The van der Waals surface area contributed by atoms with Gasteiger partial charge in [0, 0.05) is 37.1 Å². The Morgan fingerprint density at radius 1 is 1.19 bits per heavy atom. The Kier molecular flexibility index (Phi) is 4.67. The molecule has 0 unspecified atom stereocenters. The molecule has 3 aromatic rings. The van der Waals surface area contributed by atoms with Crippen molar-refractivity contribution in [2.24, 2.45) is 0 Å². The number of hydrogen-bond acceptors (Lipinski definition) is 4. The second-order valence-corrected chi connectivity index (χ2v) is 6.56. The number of likely N-dealkylation sites (tertiary alicyclic amines) is 1. The fourth-order valence-corrected chi connectivity index (χ4v) is 3.33. The summed E-state index contributed by atoms with van der Waals surface area (Å²) in [4.78, 5) is 18.6. The number of halogens is 1. The van der Waals surface area contributed by atoms with Crippen LogP contribution < -0.4 is 4.74 Å². The average Bonchev–Trinajstić information content (AvgIpc) is 3.10. The lowest BCUT2D eigenvalue weighted by Crippen LogP contribution is -2.41. The predicted octanol–water partition coefficient (Wildman–Crippen LogP) is 3.36. The van der Waals surface area contributed by atoms with E-state index in [2.05, 4.69) is 9.88 Å². The van der Waals surface area contributed by atoms with E-state index in [-0.39, 0.29) is 18.6 Å². The molecule has 0 radical (unpaired) electrons. The van der Waals surface area contributed by atoms with Crippen molar-refractivity contribution in [2.75, 3.05) is 19.6 Å². The highest BCUT2D eigenvalue weighted by molar-refractivity contribution is 5.86. The zero-order valence-electron chi connectivity index (χ0n) is 14.3. The third kappa shape index (κ3) is 3.60. The lowest BCUT2D eigenvalue weighted by Gasteiger charge is -2.31. The lowest BCUT2D eigenvalue weighted by molar-refractivity contribution is 0.0719. The lowest BCUT2D eigenvalue weighted by atomic mass is 10.1. The van der Waals surface area contributed by atoms with Crippen molar-refractivity contribution in [1.82, 2.24) is 14.5 Å². The predicted molar refractivity (Wildman–Crippen MR) is 96.8 cm³/mol. The van der Waals surface area contributed by atoms with E-state index in [4.69, 9.17) is 4.74 Å². The summed E-state index contributed by atoms with van der Waals surface area (Å²) in [6.07, 6.45) is 6.19. The molecule has 1 aromatic carbocycles. The van der Waals surface area contributed by atoms with Gasteiger partial charge in [-0.25, -0.2) is 9.37 Å². The molecule has 0 amide bonds. The van der Waals surface area contributed by atoms with Gasteiger partial charge < -0.3 is 4.74 Å². The van der Waals surface area contributed by atoms with Crippen LogP contribution >= 0.6 is 0 Å². The molecule has 2 aromatic heterocycles. The van der Waals surface area contributed by atoms with Crippen molar-refractivity contribution in [3.63, 3.8) is 0 Å². The van der Waals surface area contributed by atoms with Crippen LogP contribution in [0.15, 0.2) is 55.0 Å². The molecule has 0 atom stereocenters. The van der Waals surface area contributed by atoms with Crippen LogP contribution in [-0.2, 0) is 0 Å². The molecular formula is C20H20FN3O2. The molecule has 6 heteroatoms. The molecule has 0 aliphatic carbocycles. The number of ether oxygens (including phenoxy) is 1. The van der Waals surface area contributed by atoms with Gasteiger partial charge >= 0.3 is 0 Å². The second-order valence-electron chi connectivity index (χ2n) is 6.56. The Morgan fingerprint density at radius 3 is 2.77 bits per heavy atom. The van der Waals surface area contributed by atoms with Gasteiger partial charge in [0.2, 0.25) is 11.8 Å². The van der Waals surface area contributed by atoms with Crippen LogP contribution in [0, 0.1) is 5.82 Å². The normalized spacial score (nSPS) is 16.0. The van der Waals surface area contributed by atoms with Crippen LogP contribution in [0.25, 0.3) is 10.8 Å². The zero-order valence-corrected chi connectivity index (χ0v) is 14.3. The minimum Gasteiger partial charge on any atom is -0.474 e. The molecule has 1 saturated heterocycles. The summed E-state index contributed by atoms with van der Waals surface area (Å²) in [5.41, 5.74) is 0. The van der Waals surface area contributed by atoms with Crippen molar-refractivity contribution in [2.45, 2.75) is 18.9 Å². The van der Waals surface area contributed by atoms with E-state index < -0.39 is 5.82 Å². The van der Waals surface area contributed by atoms with Crippen molar-refractivity contribution in [3.05, 3.63) is 60.8 Å². The van der Waals surface area contributed by atoms with Crippen molar-refractivity contribution < 1.29 is 13.9 Å². The van der Waals surface area contributed by atoms with E-state index in [1.165, 1.54) is 23.0 Å². The number of aromatic nitrogens is 2. The highest BCUT2D eigenvalue weighted by atomic mass is 19.1. The first-order chi connectivity index (χ1) is 12.7. The van der Waals surface area contributed by atoms with Crippen molar-refractivity contribution in [1.29, 1.82) is 0 Å². The number of rotatable bonds is 4. The first kappa shape index (κ1) is 16.7. The van der Waals surface area contributed by atoms with E-state index in [1.54, 1.807) is 6.20 Å². The summed E-state index contributed by atoms with van der Waals surface area (Å²) in [5.74, 6) is 0.150. The third-order valence-corrected chi connectivity index (χ3v) is 4.75. The van der Waals surface area contributed by atoms with E-state index >= 15 is 0 Å². The minimum absolute atomic E-state index is 0.0867. The second kappa shape index (κ2) is 7.25. The molecule has 0 bridgehead atoms. The molecule has 1 aliphatic heterocycles.